The molecule has 6 heteroatoms. The average Bonchev–Trinajstić information content (AvgIpc) is 3.30. The highest BCUT2D eigenvalue weighted by Crippen LogP contribution is 2.15. The summed E-state index contributed by atoms with van der Waals surface area (Å²) in [6.07, 6.45) is 5.56. The van der Waals surface area contributed by atoms with E-state index in [4.69, 9.17) is 4.74 Å². The molecule has 1 amide bonds. The predicted octanol–water partition coefficient (Wildman–Crippen LogP) is 2.39. The molecule has 0 radical (unpaired) electrons. The van der Waals surface area contributed by atoms with Gasteiger partial charge in [0.1, 0.15) is 5.52 Å². The van der Waals surface area contributed by atoms with Crippen LogP contribution in [0.4, 0.5) is 0 Å². The molecular weight excluding hydrogens is 316 g/mol. The van der Waals surface area contributed by atoms with Crippen molar-refractivity contribution in [2.45, 2.75) is 25.5 Å². The zero-order valence-electron chi connectivity index (χ0n) is 13.9. The third-order valence-electron chi connectivity index (χ3n) is 4.43. The Hall–Kier alpha value is -2.73. The van der Waals surface area contributed by atoms with E-state index in [2.05, 4.69) is 27.4 Å². The molecule has 25 heavy (non-hydrogen) atoms. The highest BCUT2D eigenvalue weighted by Gasteiger charge is 2.17. The van der Waals surface area contributed by atoms with Crippen LogP contribution >= 0.6 is 0 Å². The number of fused-ring (bicyclic) bond motifs is 1. The fourth-order valence-electron chi connectivity index (χ4n) is 3.08. The third kappa shape index (κ3) is 3.53. The molecule has 1 unspecified atom stereocenters. The molecule has 3 aromatic rings. The van der Waals surface area contributed by atoms with Gasteiger partial charge in [0, 0.05) is 19.3 Å². The minimum absolute atomic E-state index is 0.130. The summed E-state index contributed by atoms with van der Waals surface area (Å²) in [6.45, 7) is 2.03. The quantitative estimate of drug-likeness (QED) is 0.777. The van der Waals surface area contributed by atoms with Crippen molar-refractivity contribution in [3.63, 3.8) is 0 Å². The number of hydrogen-bond acceptors (Lipinski definition) is 4. The van der Waals surface area contributed by atoms with Crippen molar-refractivity contribution in [3.8, 4) is 0 Å². The van der Waals surface area contributed by atoms with Gasteiger partial charge in [0.2, 0.25) is 0 Å². The molecule has 0 aliphatic carbocycles. The molecule has 0 saturated carbocycles. The number of imidazole rings is 1. The van der Waals surface area contributed by atoms with Crippen molar-refractivity contribution < 1.29 is 9.53 Å². The number of rotatable bonds is 5. The Morgan fingerprint density at radius 1 is 1.28 bits per heavy atom. The molecule has 1 aliphatic heterocycles. The van der Waals surface area contributed by atoms with Gasteiger partial charge in [-0.2, -0.15) is 0 Å². The zero-order valence-corrected chi connectivity index (χ0v) is 13.9. The Kier molecular flexibility index (Phi) is 4.43. The Bertz CT molecular complexity index is 870. The molecule has 0 bridgehead atoms. The summed E-state index contributed by atoms with van der Waals surface area (Å²) in [6, 6.07) is 11.9. The fraction of sp³-hybridized carbons (Fsp3) is 0.316. The number of hydrogen-bond donors (Lipinski definition) is 1. The van der Waals surface area contributed by atoms with Crippen molar-refractivity contribution in [2.24, 2.45) is 0 Å². The minimum atomic E-state index is -0.137. The van der Waals surface area contributed by atoms with Crippen LogP contribution in [0.5, 0.6) is 0 Å². The second kappa shape index (κ2) is 7.03. The Balaban J connectivity index is 1.48. The van der Waals surface area contributed by atoms with Gasteiger partial charge in [-0.15, -0.1) is 0 Å². The lowest BCUT2D eigenvalue weighted by Crippen LogP contribution is -2.31. The Morgan fingerprint density at radius 3 is 2.96 bits per heavy atom. The van der Waals surface area contributed by atoms with E-state index in [1.807, 2.05) is 22.8 Å². The van der Waals surface area contributed by atoms with Gasteiger partial charge < -0.3 is 14.6 Å². The first kappa shape index (κ1) is 15.8. The van der Waals surface area contributed by atoms with Crippen molar-refractivity contribution in [2.75, 3.05) is 13.2 Å². The van der Waals surface area contributed by atoms with Crippen molar-refractivity contribution in [3.05, 3.63) is 60.0 Å². The van der Waals surface area contributed by atoms with Gasteiger partial charge in [0.15, 0.2) is 5.65 Å². The maximum Gasteiger partial charge on any atom is 0.253 e. The third-order valence-corrected chi connectivity index (χ3v) is 4.43. The summed E-state index contributed by atoms with van der Waals surface area (Å²) in [5.41, 5.74) is 3.21. The van der Waals surface area contributed by atoms with Crippen LogP contribution in [-0.2, 0) is 11.3 Å². The molecule has 2 aromatic heterocycles. The minimum Gasteiger partial charge on any atom is -0.376 e. The molecule has 4 rings (SSSR count). The number of carbonyl (C=O) groups is 1. The van der Waals surface area contributed by atoms with Crippen LogP contribution in [0, 0.1) is 0 Å². The van der Waals surface area contributed by atoms with Crippen molar-refractivity contribution in [1.29, 1.82) is 0 Å². The number of carbonyl (C=O) groups excluding carboxylic acids is 1. The molecule has 1 aromatic carbocycles. The number of nitrogens with zero attached hydrogens (tertiary/aromatic N) is 3. The maximum absolute atomic E-state index is 12.3. The maximum atomic E-state index is 12.3. The van der Waals surface area contributed by atoms with Gasteiger partial charge in [-0.05, 0) is 24.5 Å². The number of benzene rings is 1. The molecule has 6 nitrogen and oxygen atoms in total. The molecule has 1 N–H and O–H groups in total. The van der Waals surface area contributed by atoms with Crippen LogP contribution in [0.15, 0.2) is 48.9 Å². The highest BCUT2D eigenvalue weighted by molar-refractivity contribution is 5.96. The van der Waals surface area contributed by atoms with E-state index in [1.54, 1.807) is 18.6 Å². The highest BCUT2D eigenvalue weighted by atomic mass is 16.5. The number of pyridine rings is 1. The number of nitrogens with one attached hydrogen (secondary N) is 1. The van der Waals surface area contributed by atoms with Crippen LogP contribution < -0.4 is 5.32 Å². The van der Waals surface area contributed by atoms with Gasteiger partial charge in [-0.25, -0.2) is 9.97 Å². The summed E-state index contributed by atoms with van der Waals surface area (Å²) < 4.78 is 7.51. The molecule has 1 fully saturated rings. The first-order valence-corrected chi connectivity index (χ1v) is 8.54. The van der Waals surface area contributed by atoms with E-state index >= 15 is 0 Å². The predicted molar refractivity (Wildman–Crippen MR) is 94.4 cm³/mol. The molecule has 1 aliphatic rings. The lowest BCUT2D eigenvalue weighted by molar-refractivity contribution is 0.0857. The topological polar surface area (TPSA) is 69.0 Å². The van der Waals surface area contributed by atoms with Crippen molar-refractivity contribution in [1.82, 2.24) is 19.9 Å². The second-order valence-electron chi connectivity index (χ2n) is 6.27. The first-order chi connectivity index (χ1) is 12.3. The lowest BCUT2D eigenvalue weighted by Gasteiger charge is -2.10. The van der Waals surface area contributed by atoms with E-state index in [1.165, 1.54) is 5.56 Å². The van der Waals surface area contributed by atoms with Gasteiger partial charge in [-0.1, -0.05) is 30.3 Å². The zero-order chi connectivity index (χ0) is 17.1. The molecule has 128 valence electrons. The summed E-state index contributed by atoms with van der Waals surface area (Å²) in [7, 11) is 0. The average molecular weight is 336 g/mol. The molecular formula is C19H20N4O2. The van der Waals surface area contributed by atoms with E-state index in [0.717, 1.165) is 30.6 Å². The van der Waals surface area contributed by atoms with Crippen LogP contribution in [-0.4, -0.2) is 39.7 Å². The Morgan fingerprint density at radius 2 is 2.16 bits per heavy atom. The van der Waals surface area contributed by atoms with Crippen LogP contribution in [0.25, 0.3) is 11.2 Å². The lowest BCUT2D eigenvalue weighted by atomic mass is 10.2. The Labute approximate surface area is 145 Å². The van der Waals surface area contributed by atoms with E-state index < -0.39 is 0 Å². The van der Waals surface area contributed by atoms with Gasteiger partial charge in [0.05, 0.1) is 24.5 Å². The SMILES string of the molecule is O=C(NCC1CCCO1)c1cnc2c(c1)ncn2Cc1ccccc1. The second-order valence-corrected chi connectivity index (χ2v) is 6.27. The van der Waals surface area contributed by atoms with Crippen LogP contribution in [0.3, 0.4) is 0 Å². The number of amides is 1. The summed E-state index contributed by atoms with van der Waals surface area (Å²) in [5, 5.41) is 2.91. The number of aromatic nitrogens is 3. The van der Waals surface area contributed by atoms with E-state index in [0.29, 0.717) is 18.7 Å². The van der Waals surface area contributed by atoms with Crippen LogP contribution in [0.1, 0.15) is 28.8 Å². The fourth-order valence-corrected chi connectivity index (χ4v) is 3.08. The normalized spacial score (nSPS) is 17.0. The largest absolute Gasteiger partial charge is 0.376 e. The molecule has 0 spiro atoms. The van der Waals surface area contributed by atoms with Gasteiger partial charge >= 0.3 is 0 Å². The first-order valence-electron chi connectivity index (χ1n) is 8.54. The summed E-state index contributed by atoms with van der Waals surface area (Å²) >= 11 is 0. The van der Waals surface area contributed by atoms with E-state index in [-0.39, 0.29) is 12.0 Å². The monoisotopic (exact) mass is 336 g/mol. The molecule has 1 atom stereocenters. The molecule has 3 heterocycles. The number of ether oxygens (including phenoxy) is 1. The van der Waals surface area contributed by atoms with Gasteiger partial charge in [0.25, 0.3) is 5.91 Å². The summed E-state index contributed by atoms with van der Waals surface area (Å²) in [5.74, 6) is -0.137. The standard InChI is InChI=1S/C19H20N4O2/c24-19(21-11-16-7-4-8-25-16)15-9-17-18(20-10-15)23(13-22-17)12-14-5-2-1-3-6-14/h1-3,5-6,9-10,13,16H,4,7-8,11-12H2,(H,21,24). The molecule has 1 saturated heterocycles. The van der Waals surface area contributed by atoms with E-state index in [9.17, 15) is 4.79 Å². The summed E-state index contributed by atoms with van der Waals surface area (Å²) in [4.78, 5) is 21.1. The van der Waals surface area contributed by atoms with Crippen molar-refractivity contribution >= 4 is 17.1 Å². The van der Waals surface area contributed by atoms with Crippen LogP contribution in [0.2, 0.25) is 0 Å². The van der Waals surface area contributed by atoms with Gasteiger partial charge in [-0.3, -0.25) is 4.79 Å². The smallest absolute Gasteiger partial charge is 0.253 e.